The monoisotopic (exact) mass is 345 g/mol. The molecule has 3 N–H and O–H groups in total. The Hall–Kier alpha value is -1.75. The van der Waals surface area contributed by atoms with Crippen LogP contribution in [0.15, 0.2) is 17.3 Å². The molecule has 2 fully saturated rings. The molecule has 1 aromatic rings. The van der Waals surface area contributed by atoms with E-state index in [1.807, 2.05) is 13.0 Å². The molecule has 3 aliphatic rings. The van der Waals surface area contributed by atoms with Crippen molar-refractivity contribution in [2.75, 3.05) is 6.61 Å². The van der Waals surface area contributed by atoms with Crippen molar-refractivity contribution in [2.45, 2.75) is 58.0 Å². The van der Waals surface area contributed by atoms with Gasteiger partial charge in [-0.1, -0.05) is 12.1 Å². The zero-order valence-corrected chi connectivity index (χ0v) is 14.9. The maximum absolute atomic E-state index is 10.5. The second kappa shape index (κ2) is 5.90. The molecular formula is C20H27NO4. The second-order valence-corrected chi connectivity index (χ2v) is 8.11. The molecule has 0 aromatic heterocycles. The van der Waals surface area contributed by atoms with Crippen molar-refractivity contribution in [2.24, 2.45) is 22.4 Å². The van der Waals surface area contributed by atoms with Gasteiger partial charge >= 0.3 is 0 Å². The van der Waals surface area contributed by atoms with Gasteiger partial charge in [-0.2, -0.15) is 0 Å². The molecule has 4 rings (SSSR count). The number of phenols is 1. The smallest absolute Gasteiger partial charge is 0.161 e. The summed E-state index contributed by atoms with van der Waals surface area (Å²) in [7, 11) is 0. The van der Waals surface area contributed by atoms with E-state index in [2.05, 4.69) is 12.1 Å². The minimum atomic E-state index is -0.229. The predicted molar refractivity (Wildman–Crippen MR) is 94.5 cm³/mol. The van der Waals surface area contributed by atoms with Crippen LogP contribution < -0.4 is 4.74 Å². The first kappa shape index (κ1) is 16.7. The van der Waals surface area contributed by atoms with Gasteiger partial charge in [-0.05, 0) is 79.9 Å². The van der Waals surface area contributed by atoms with Gasteiger partial charge in [0, 0.05) is 5.56 Å². The Morgan fingerprint density at radius 2 is 2.08 bits per heavy atom. The highest BCUT2D eigenvalue weighted by atomic mass is 16.5. The van der Waals surface area contributed by atoms with Crippen molar-refractivity contribution >= 4 is 5.71 Å². The number of fused-ring (bicyclic) bond motifs is 5. The first-order valence-electron chi connectivity index (χ1n) is 9.38. The summed E-state index contributed by atoms with van der Waals surface area (Å²) in [5.41, 5.74) is 2.57. The molecule has 2 saturated carbocycles. The van der Waals surface area contributed by atoms with E-state index in [0.717, 1.165) is 36.8 Å². The molecule has 0 heterocycles. The van der Waals surface area contributed by atoms with Gasteiger partial charge in [0.05, 0.1) is 18.4 Å². The molecule has 0 amide bonds. The summed E-state index contributed by atoms with van der Waals surface area (Å²) in [5.74, 6) is 1.77. The minimum absolute atomic E-state index is 0.0289. The third kappa shape index (κ3) is 2.35. The van der Waals surface area contributed by atoms with Crippen LogP contribution >= 0.6 is 0 Å². The third-order valence-electron chi connectivity index (χ3n) is 7.08. The number of nitrogens with zero attached hydrogens (tertiary/aromatic N) is 1. The Balaban J connectivity index is 1.79. The highest BCUT2D eigenvalue weighted by Crippen LogP contribution is 2.61. The predicted octanol–water partition coefficient (Wildman–Crippen LogP) is 3.64. The lowest BCUT2D eigenvalue weighted by molar-refractivity contribution is -0.0178. The van der Waals surface area contributed by atoms with Crippen LogP contribution in [0.1, 0.15) is 63.0 Å². The number of aliphatic hydroxyl groups excluding tert-OH is 1. The molecule has 5 heteroatoms. The highest BCUT2D eigenvalue weighted by molar-refractivity contribution is 6.03. The van der Waals surface area contributed by atoms with Crippen molar-refractivity contribution < 1.29 is 20.2 Å². The number of benzene rings is 1. The van der Waals surface area contributed by atoms with Crippen LogP contribution in [0.2, 0.25) is 0 Å². The van der Waals surface area contributed by atoms with Gasteiger partial charge in [-0.15, -0.1) is 0 Å². The number of hydrogen-bond donors (Lipinski definition) is 3. The van der Waals surface area contributed by atoms with Crippen molar-refractivity contribution in [3.8, 4) is 11.5 Å². The van der Waals surface area contributed by atoms with Crippen LogP contribution in [0.25, 0.3) is 0 Å². The maximum Gasteiger partial charge on any atom is 0.161 e. The molecule has 5 unspecified atom stereocenters. The Morgan fingerprint density at radius 1 is 1.28 bits per heavy atom. The summed E-state index contributed by atoms with van der Waals surface area (Å²) >= 11 is 0. The fraction of sp³-hybridized carbons (Fsp3) is 0.650. The number of aliphatic hydroxyl groups is 1. The summed E-state index contributed by atoms with van der Waals surface area (Å²) < 4.78 is 5.58. The van der Waals surface area contributed by atoms with Gasteiger partial charge in [0.15, 0.2) is 11.5 Å². The summed E-state index contributed by atoms with van der Waals surface area (Å²) in [4.78, 5) is 0. The van der Waals surface area contributed by atoms with Crippen LogP contribution in [-0.4, -0.2) is 33.8 Å². The third-order valence-corrected chi connectivity index (χ3v) is 7.08. The molecule has 3 aliphatic carbocycles. The standard InChI is InChI=1S/C20H27NO4/c1-3-25-18-10-12-11-6-7-20(2)15(4-5-19(20)23)13(11)8-16(21-24)14(12)9-17(18)22/h9-11,13,15,19,22-24H,3-8H2,1-2H3. The van der Waals surface area contributed by atoms with E-state index in [4.69, 9.17) is 4.74 Å². The number of hydrogen-bond acceptors (Lipinski definition) is 5. The summed E-state index contributed by atoms with van der Waals surface area (Å²) in [6.07, 6.45) is 4.39. The van der Waals surface area contributed by atoms with Gasteiger partial charge in [0.2, 0.25) is 0 Å². The number of oxime groups is 1. The zero-order valence-electron chi connectivity index (χ0n) is 14.9. The maximum atomic E-state index is 10.5. The zero-order chi connectivity index (χ0) is 17.8. The lowest BCUT2D eigenvalue weighted by atomic mass is 9.55. The van der Waals surface area contributed by atoms with Crippen LogP contribution in [-0.2, 0) is 0 Å². The molecule has 5 nitrogen and oxygen atoms in total. The largest absolute Gasteiger partial charge is 0.504 e. The highest BCUT2D eigenvalue weighted by Gasteiger charge is 2.55. The molecule has 1 aromatic carbocycles. The quantitative estimate of drug-likeness (QED) is 0.564. The minimum Gasteiger partial charge on any atom is -0.504 e. The summed E-state index contributed by atoms with van der Waals surface area (Å²) in [6, 6.07) is 3.62. The fourth-order valence-electron chi connectivity index (χ4n) is 5.77. The van der Waals surface area contributed by atoms with E-state index in [1.165, 1.54) is 0 Å². The molecule has 0 radical (unpaired) electrons. The Bertz CT molecular complexity index is 716. The Morgan fingerprint density at radius 3 is 2.80 bits per heavy atom. The molecule has 136 valence electrons. The van der Waals surface area contributed by atoms with Crippen molar-refractivity contribution in [3.05, 3.63) is 23.3 Å². The van der Waals surface area contributed by atoms with E-state index in [-0.39, 0.29) is 17.3 Å². The molecule has 0 bridgehead atoms. The van der Waals surface area contributed by atoms with Crippen LogP contribution in [0.4, 0.5) is 0 Å². The van der Waals surface area contributed by atoms with Gasteiger partial charge in [0.1, 0.15) is 0 Å². The van der Waals surface area contributed by atoms with E-state index < -0.39 is 0 Å². The lowest BCUT2D eigenvalue weighted by Crippen LogP contribution is -2.45. The first-order valence-corrected chi connectivity index (χ1v) is 9.38. The molecular weight excluding hydrogens is 318 g/mol. The molecule has 0 saturated heterocycles. The van der Waals surface area contributed by atoms with E-state index in [9.17, 15) is 15.4 Å². The normalized spacial score (nSPS) is 38.1. The van der Waals surface area contributed by atoms with Crippen LogP contribution in [0.3, 0.4) is 0 Å². The fourth-order valence-corrected chi connectivity index (χ4v) is 5.77. The van der Waals surface area contributed by atoms with Crippen molar-refractivity contribution in [3.63, 3.8) is 0 Å². The number of ether oxygens (including phenoxy) is 1. The van der Waals surface area contributed by atoms with Crippen LogP contribution in [0.5, 0.6) is 11.5 Å². The average molecular weight is 345 g/mol. The Labute approximate surface area is 148 Å². The topological polar surface area (TPSA) is 82.3 Å². The first-order chi connectivity index (χ1) is 12.0. The lowest BCUT2D eigenvalue weighted by Gasteiger charge is -2.50. The van der Waals surface area contributed by atoms with E-state index >= 15 is 0 Å². The Kier molecular flexibility index (Phi) is 3.95. The van der Waals surface area contributed by atoms with E-state index in [0.29, 0.717) is 42.2 Å². The van der Waals surface area contributed by atoms with E-state index in [1.54, 1.807) is 6.07 Å². The number of aromatic hydroxyl groups is 1. The molecule has 0 spiro atoms. The second-order valence-electron chi connectivity index (χ2n) is 8.11. The number of phenolic OH excluding ortho intramolecular Hbond substituents is 1. The molecule has 5 atom stereocenters. The molecule has 25 heavy (non-hydrogen) atoms. The van der Waals surface area contributed by atoms with Crippen molar-refractivity contribution in [1.29, 1.82) is 0 Å². The summed E-state index contributed by atoms with van der Waals surface area (Å²) in [5, 5.41) is 33.9. The van der Waals surface area contributed by atoms with Gasteiger partial charge in [-0.3, -0.25) is 0 Å². The van der Waals surface area contributed by atoms with Crippen molar-refractivity contribution in [1.82, 2.24) is 0 Å². The van der Waals surface area contributed by atoms with Gasteiger partial charge in [0.25, 0.3) is 0 Å². The van der Waals surface area contributed by atoms with Gasteiger partial charge < -0.3 is 20.2 Å². The molecule has 0 aliphatic heterocycles. The summed E-state index contributed by atoms with van der Waals surface area (Å²) in [6.45, 7) is 4.61. The average Bonchev–Trinajstić information content (AvgIpc) is 2.90. The van der Waals surface area contributed by atoms with Crippen LogP contribution in [0, 0.1) is 17.3 Å². The number of rotatable bonds is 2. The van der Waals surface area contributed by atoms with Gasteiger partial charge in [-0.25, -0.2) is 0 Å². The SMILES string of the molecule is CCOc1cc2c(cc1O)C(=NO)CC1C2CCC2(C)C(O)CCC12.